The van der Waals surface area contributed by atoms with Crippen LogP contribution in [0.4, 0.5) is 5.69 Å². The van der Waals surface area contributed by atoms with Crippen LogP contribution in [-0.2, 0) is 14.3 Å². The number of halogens is 1. The smallest absolute Gasteiger partial charge is 0.312 e. The number of esters is 1. The van der Waals surface area contributed by atoms with Gasteiger partial charge in [0.2, 0.25) is 0 Å². The number of aliphatic hydroxyl groups is 1. The summed E-state index contributed by atoms with van der Waals surface area (Å²) in [6.45, 7) is 3.47. The molecule has 2 unspecified atom stereocenters. The molecule has 1 aromatic rings. The lowest BCUT2D eigenvalue weighted by atomic mass is 9.48. The van der Waals surface area contributed by atoms with Crippen molar-refractivity contribution in [1.29, 1.82) is 0 Å². The first kappa shape index (κ1) is 18.8. The zero-order chi connectivity index (χ0) is 19.4. The first-order valence-electron chi connectivity index (χ1n) is 9.64. The third-order valence-corrected chi connectivity index (χ3v) is 6.79. The van der Waals surface area contributed by atoms with Crippen molar-refractivity contribution in [1.82, 2.24) is 0 Å². The first-order chi connectivity index (χ1) is 12.7. The van der Waals surface area contributed by atoms with Gasteiger partial charge >= 0.3 is 5.97 Å². The van der Waals surface area contributed by atoms with Crippen LogP contribution in [0.2, 0.25) is 5.02 Å². The van der Waals surface area contributed by atoms with E-state index in [1.54, 1.807) is 6.07 Å². The van der Waals surface area contributed by atoms with E-state index in [-0.39, 0.29) is 12.6 Å². The molecule has 5 rings (SSSR count). The van der Waals surface area contributed by atoms with E-state index in [1.165, 1.54) is 0 Å². The number of nitrogens with one attached hydrogen (secondary N) is 1. The van der Waals surface area contributed by atoms with E-state index in [1.807, 2.05) is 19.9 Å². The van der Waals surface area contributed by atoms with Crippen molar-refractivity contribution in [3.8, 4) is 0 Å². The minimum absolute atomic E-state index is 0.335. The lowest BCUT2D eigenvalue weighted by molar-refractivity contribution is -0.196. The molecule has 0 radical (unpaired) electrons. The van der Waals surface area contributed by atoms with Crippen LogP contribution in [0.15, 0.2) is 12.1 Å². The lowest BCUT2D eigenvalue weighted by Gasteiger charge is -2.58. The Labute approximate surface area is 164 Å². The second-order valence-corrected chi connectivity index (χ2v) is 9.44. The van der Waals surface area contributed by atoms with Crippen LogP contribution in [-0.4, -0.2) is 29.2 Å². The number of benzene rings is 1. The number of ether oxygens (including phenoxy) is 1. The summed E-state index contributed by atoms with van der Waals surface area (Å²) in [7, 11) is 0. The van der Waals surface area contributed by atoms with Crippen LogP contribution >= 0.6 is 11.6 Å². The van der Waals surface area contributed by atoms with Crippen molar-refractivity contribution in [3.05, 3.63) is 28.3 Å². The number of hydrogen-bond acceptors (Lipinski definition) is 4. The van der Waals surface area contributed by atoms with Gasteiger partial charge in [-0.15, -0.1) is 0 Å². The molecular formula is C21H26ClNO4. The van der Waals surface area contributed by atoms with Crippen molar-refractivity contribution < 1.29 is 19.4 Å². The minimum Gasteiger partial charge on any atom is -0.455 e. The van der Waals surface area contributed by atoms with Gasteiger partial charge in [0.15, 0.2) is 6.61 Å². The molecule has 5 nitrogen and oxygen atoms in total. The second-order valence-electron chi connectivity index (χ2n) is 9.03. The highest BCUT2D eigenvalue weighted by atomic mass is 35.5. The van der Waals surface area contributed by atoms with Gasteiger partial charge in [-0.25, -0.2) is 0 Å². The number of carbonyl (C=O) groups is 2. The molecule has 1 amide bonds. The highest BCUT2D eigenvalue weighted by Crippen LogP contribution is 2.61. The molecular weight excluding hydrogens is 366 g/mol. The summed E-state index contributed by atoms with van der Waals surface area (Å²) in [6.07, 6.45) is 4.71. The molecule has 2 atom stereocenters. The number of rotatable bonds is 4. The number of amides is 1. The normalized spacial score (nSPS) is 33.8. The molecule has 27 heavy (non-hydrogen) atoms. The van der Waals surface area contributed by atoms with Crippen LogP contribution in [0.3, 0.4) is 0 Å². The Bertz CT molecular complexity index is 768. The SMILES string of the molecule is Cc1cc(C)c(NC(=O)COC(=O)C23CC4CC(CC(O)(C4)C2)C3)c(Cl)c1. The molecule has 4 bridgehead atoms. The maximum absolute atomic E-state index is 12.8. The summed E-state index contributed by atoms with van der Waals surface area (Å²) in [5, 5.41) is 14.0. The van der Waals surface area contributed by atoms with Crippen LogP contribution < -0.4 is 5.32 Å². The third kappa shape index (κ3) is 3.47. The molecule has 4 aliphatic carbocycles. The van der Waals surface area contributed by atoms with Gasteiger partial charge in [-0.05, 0) is 81.4 Å². The fourth-order valence-corrected chi connectivity index (χ4v) is 6.36. The molecule has 2 N–H and O–H groups in total. The Morgan fingerprint density at radius 2 is 1.89 bits per heavy atom. The second kappa shape index (κ2) is 6.49. The van der Waals surface area contributed by atoms with Gasteiger partial charge in [0.25, 0.3) is 5.91 Å². The highest BCUT2D eigenvalue weighted by molar-refractivity contribution is 6.34. The number of anilines is 1. The van der Waals surface area contributed by atoms with Gasteiger partial charge in [-0.3, -0.25) is 9.59 Å². The molecule has 0 spiro atoms. The Hall–Kier alpha value is -1.59. The van der Waals surface area contributed by atoms with Crippen LogP contribution in [0.25, 0.3) is 0 Å². The van der Waals surface area contributed by atoms with Crippen molar-refractivity contribution in [2.24, 2.45) is 17.3 Å². The number of carbonyl (C=O) groups excluding carboxylic acids is 2. The molecule has 0 aliphatic heterocycles. The predicted octanol–water partition coefficient (Wildman–Crippen LogP) is 3.77. The van der Waals surface area contributed by atoms with Gasteiger partial charge < -0.3 is 15.2 Å². The zero-order valence-corrected chi connectivity index (χ0v) is 16.6. The van der Waals surface area contributed by atoms with E-state index >= 15 is 0 Å². The van der Waals surface area contributed by atoms with E-state index in [4.69, 9.17) is 16.3 Å². The molecule has 0 aromatic heterocycles. The summed E-state index contributed by atoms with van der Waals surface area (Å²) >= 11 is 6.22. The van der Waals surface area contributed by atoms with Gasteiger partial charge in [-0.2, -0.15) is 0 Å². The van der Waals surface area contributed by atoms with E-state index in [0.717, 1.165) is 43.2 Å². The van der Waals surface area contributed by atoms with Gasteiger partial charge in [0.05, 0.1) is 21.7 Å². The molecule has 4 fully saturated rings. The quantitative estimate of drug-likeness (QED) is 0.766. The van der Waals surface area contributed by atoms with Gasteiger partial charge in [0, 0.05) is 0 Å². The Morgan fingerprint density at radius 1 is 1.22 bits per heavy atom. The molecule has 4 aliphatic rings. The minimum atomic E-state index is -0.724. The van der Waals surface area contributed by atoms with E-state index < -0.39 is 16.9 Å². The molecule has 6 heteroatoms. The molecule has 0 heterocycles. The highest BCUT2D eigenvalue weighted by Gasteiger charge is 2.60. The number of aryl methyl sites for hydroxylation is 2. The Balaban J connectivity index is 1.39. The van der Waals surface area contributed by atoms with Crippen LogP contribution in [0.1, 0.15) is 49.7 Å². The van der Waals surface area contributed by atoms with E-state index in [0.29, 0.717) is 29.0 Å². The van der Waals surface area contributed by atoms with Crippen molar-refractivity contribution in [2.75, 3.05) is 11.9 Å². The summed E-state index contributed by atoms with van der Waals surface area (Å²) in [5.74, 6) is 0.0517. The standard InChI is InChI=1S/C21H26ClNO4/c1-12-3-13(2)18(16(22)4-12)23-17(24)10-27-19(25)20-6-14-5-15(7-20)9-21(26,8-14)11-20/h3-4,14-15,26H,5-11H2,1-2H3,(H,23,24). The maximum Gasteiger partial charge on any atom is 0.312 e. The van der Waals surface area contributed by atoms with Gasteiger partial charge in [0.1, 0.15) is 0 Å². The van der Waals surface area contributed by atoms with Crippen LogP contribution in [0, 0.1) is 31.1 Å². The fraction of sp³-hybridized carbons (Fsp3) is 0.619. The summed E-state index contributed by atoms with van der Waals surface area (Å²) < 4.78 is 5.40. The van der Waals surface area contributed by atoms with Crippen molar-refractivity contribution in [2.45, 2.75) is 58.0 Å². The van der Waals surface area contributed by atoms with Crippen molar-refractivity contribution >= 4 is 29.2 Å². The molecule has 1 aromatic carbocycles. The molecule has 146 valence electrons. The maximum atomic E-state index is 12.8. The summed E-state index contributed by atoms with van der Waals surface area (Å²) in [4.78, 5) is 25.1. The Morgan fingerprint density at radius 3 is 2.48 bits per heavy atom. The Kier molecular flexibility index (Phi) is 4.51. The van der Waals surface area contributed by atoms with E-state index in [2.05, 4.69) is 5.32 Å². The average molecular weight is 392 g/mol. The van der Waals surface area contributed by atoms with E-state index in [9.17, 15) is 14.7 Å². The third-order valence-electron chi connectivity index (χ3n) is 6.49. The van der Waals surface area contributed by atoms with Crippen molar-refractivity contribution in [3.63, 3.8) is 0 Å². The largest absolute Gasteiger partial charge is 0.455 e. The first-order valence-corrected chi connectivity index (χ1v) is 10.0. The monoisotopic (exact) mass is 391 g/mol. The average Bonchev–Trinajstić information content (AvgIpc) is 2.53. The zero-order valence-electron chi connectivity index (χ0n) is 15.8. The lowest BCUT2D eigenvalue weighted by Crippen LogP contribution is -2.58. The fourth-order valence-electron chi connectivity index (χ4n) is 5.99. The molecule has 0 saturated heterocycles. The predicted molar refractivity (Wildman–Crippen MR) is 103 cm³/mol. The summed E-state index contributed by atoms with van der Waals surface area (Å²) in [5.41, 5.74) is 1.09. The van der Waals surface area contributed by atoms with Crippen LogP contribution in [0.5, 0.6) is 0 Å². The topological polar surface area (TPSA) is 75.6 Å². The van der Waals surface area contributed by atoms with Gasteiger partial charge in [-0.1, -0.05) is 17.7 Å². The number of hydrogen-bond donors (Lipinski definition) is 2. The molecule has 4 saturated carbocycles. The summed E-state index contributed by atoms with van der Waals surface area (Å²) in [6, 6.07) is 3.72.